The Bertz CT molecular complexity index is 293. The standard InChI is InChI=1S/C8H13N3O2/c1-5(12)3-11-8(13)7-2-6(9)4-10-7/h2,4-5,10,12H,3,9H2,1H3,(H,11,13)/t5-/m0/s1. The Morgan fingerprint density at radius 2 is 2.54 bits per heavy atom. The van der Waals surface area contributed by atoms with Gasteiger partial charge in [0.2, 0.25) is 0 Å². The molecule has 13 heavy (non-hydrogen) atoms. The summed E-state index contributed by atoms with van der Waals surface area (Å²) in [6.07, 6.45) is 0.994. The Kier molecular flexibility index (Phi) is 2.92. The first-order chi connectivity index (χ1) is 6.09. The summed E-state index contributed by atoms with van der Waals surface area (Å²) in [5.74, 6) is -0.266. The van der Waals surface area contributed by atoms with Crippen molar-refractivity contribution in [2.24, 2.45) is 0 Å². The van der Waals surface area contributed by atoms with Crippen LogP contribution < -0.4 is 11.1 Å². The van der Waals surface area contributed by atoms with Crippen LogP contribution in [0.3, 0.4) is 0 Å². The van der Waals surface area contributed by atoms with Crippen molar-refractivity contribution in [1.29, 1.82) is 0 Å². The first-order valence-corrected chi connectivity index (χ1v) is 3.99. The summed E-state index contributed by atoms with van der Waals surface area (Å²) in [6, 6.07) is 1.54. The van der Waals surface area contributed by atoms with Gasteiger partial charge in [-0.15, -0.1) is 0 Å². The number of aliphatic hydroxyl groups excluding tert-OH is 1. The van der Waals surface area contributed by atoms with E-state index < -0.39 is 6.10 Å². The molecule has 72 valence electrons. The number of aromatic nitrogens is 1. The zero-order valence-corrected chi connectivity index (χ0v) is 7.37. The molecule has 0 saturated carbocycles. The number of hydrogen-bond acceptors (Lipinski definition) is 3. The Balaban J connectivity index is 2.49. The highest BCUT2D eigenvalue weighted by molar-refractivity contribution is 5.93. The monoisotopic (exact) mass is 183 g/mol. The van der Waals surface area contributed by atoms with Crippen molar-refractivity contribution in [2.45, 2.75) is 13.0 Å². The van der Waals surface area contributed by atoms with E-state index >= 15 is 0 Å². The lowest BCUT2D eigenvalue weighted by Gasteiger charge is -2.04. The van der Waals surface area contributed by atoms with E-state index in [0.29, 0.717) is 11.4 Å². The van der Waals surface area contributed by atoms with E-state index in [1.54, 1.807) is 6.92 Å². The van der Waals surface area contributed by atoms with Gasteiger partial charge < -0.3 is 21.1 Å². The van der Waals surface area contributed by atoms with E-state index in [1.165, 1.54) is 12.3 Å². The number of carbonyl (C=O) groups is 1. The first-order valence-electron chi connectivity index (χ1n) is 3.99. The predicted octanol–water partition coefficient (Wildman–Crippen LogP) is -0.293. The molecule has 0 aromatic carbocycles. The summed E-state index contributed by atoms with van der Waals surface area (Å²) in [4.78, 5) is 14.0. The normalized spacial score (nSPS) is 12.5. The lowest BCUT2D eigenvalue weighted by atomic mass is 10.3. The molecule has 5 N–H and O–H groups in total. The largest absolute Gasteiger partial charge is 0.397 e. The molecule has 5 nitrogen and oxygen atoms in total. The van der Waals surface area contributed by atoms with Crippen LogP contribution >= 0.6 is 0 Å². The molecule has 0 aliphatic carbocycles. The molecule has 0 aliphatic rings. The molecule has 0 aliphatic heterocycles. The van der Waals surface area contributed by atoms with Gasteiger partial charge in [0.05, 0.1) is 6.10 Å². The number of nitrogens with one attached hydrogen (secondary N) is 2. The smallest absolute Gasteiger partial charge is 0.267 e. The number of aliphatic hydroxyl groups is 1. The number of rotatable bonds is 3. The molecule has 1 aromatic rings. The highest BCUT2D eigenvalue weighted by Crippen LogP contribution is 2.03. The lowest BCUT2D eigenvalue weighted by Crippen LogP contribution is -2.30. The van der Waals surface area contributed by atoms with Crippen LogP contribution in [0.25, 0.3) is 0 Å². The van der Waals surface area contributed by atoms with Gasteiger partial charge in [0.15, 0.2) is 0 Å². The summed E-state index contributed by atoms with van der Waals surface area (Å²) in [6.45, 7) is 1.83. The molecule has 5 heteroatoms. The molecule has 0 unspecified atom stereocenters. The third kappa shape index (κ3) is 2.79. The summed E-state index contributed by atoms with van der Waals surface area (Å²) in [5.41, 5.74) is 6.33. The summed E-state index contributed by atoms with van der Waals surface area (Å²) >= 11 is 0. The van der Waals surface area contributed by atoms with Crippen LogP contribution in [0.1, 0.15) is 17.4 Å². The van der Waals surface area contributed by atoms with Crippen LogP contribution in [0.5, 0.6) is 0 Å². The Morgan fingerprint density at radius 1 is 1.85 bits per heavy atom. The van der Waals surface area contributed by atoms with Gasteiger partial charge in [0.1, 0.15) is 5.69 Å². The average Bonchev–Trinajstić information content (AvgIpc) is 2.47. The third-order valence-electron chi connectivity index (χ3n) is 1.51. The zero-order valence-electron chi connectivity index (χ0n) is 7.37. The van der Waals surface area contributed by atoms with Gasteiger partial charge in [0, 0.05) is 18.4 Å². The molecule has 0 spiro atoms. The van der Waals surface area contributed by atoms with Gasteiger partial charge in [-0.3, -0.25) is 4.79 Å². The van der Waals surface area contributed by atoms with Crippen molar-refractivity contribution < 1.29 is 9.90 Å². The second-order valence-corrected chi connectivity index (χ2v) is 2.91. The lowest BCUT2D eigenvalue weighted by molar-refractivity contribution is 0.0919. The quantitative estimate of drug-likeness (QED) is 0.519. The molecule has 0 bridgehead atoms. The summed E-state index contributed by atoms with van der Waals surface area (Å²) < 4.78 is 0. The fourth-order valence-corrected chi connectivity index (χ4v) is 0.878. The minimum Gasteiger partial charge on any atom is -0.397 e. The maximum Gasteiger partial charge on any atom is 0.267 e. The summed E-state index contributed by atoms with van der Waals surface area (Å²) in [5, 5.41) is 11.4. The predicted molar refractivity (Wildman–Crippen MR) is 49.2 cm³/mol. The molecule has 1 amide bonds. The maximum absolute atomic E-state index is 11.3. The molecule has 1 rings (SSSR count). The Hall–Kier alpha value is -1.49. The van der Waals surface area contributed by atoms with Gasteiger partial charge in [-0.05, 0) is 13.0 Å². The van der Waals surface area contributed by atoms with Crippen LogP contribution in [-0.4, -0.2) is 28.6 Å². The minimum atomic E-state index is -0.545. The maximum atomic E-state index is 11.3. The molecular formula is C8H13N3O2. The first kappa shape index (κ1) is 9.60. The SMILES string of the molecule is C[C@H](O)CNC(=O)c1cc(N)c[nH]1. The average molecular weight is 183 g/mol. The molecule has 0 radical (unpaired) electrons. The number of anilines is 1. The second-order valence-electron chi connectivity index (χ2n) is 2.91. The van der Waals surface area contributed by atoms with E-state index in [4.69, 9.17) is 10.8 Å². The number of carbonyl (C=O) groups excluding carboxylic acids is 1. The van der Waals surface area contributed by atoms with Gasteiger partial charge in [-0.2, -0.15) is 0 Å². The van der Waals surface area contributed by atoms with E-state index in [2.05, 4.69) is 10.3 Å². The molecule has 0 saturated heterocycles. The van der Waals surface area contributed by atoms with Gasteiger partial charge >= 0.3 is 0 Å². The number of aromatic amines is 1. The van der Waals surface area contributed by atoms with Crippen molar-refractivity contribution in [3.05, 3.63) is 18.0 Å². The molecule has 1 aromatic heterocycles. The number of nitrogen functional groups attached to an aromatic ring is 1. The van der Waals surface area contributed by atoms with Crippen molar-refractivity contribution in [3.63, 3.8) is 0 Å². The van der Waals surface area contributed by atoms with Crippen LogP contribution in [0.2, 0.25) is 0 Å². The number of nitrogens with two attached hydrogens (primary N) is 1. The van der Waals surface area contributed by atoms with Gasteiger partial charge in [-0.25, -0.2) is 0 Å². The molecular weight excluding hydrogens is 170 g/mol. The zero-order chi connectivity index (χ0) is 9.84. The summed E-state index contributed by atoms with van der Waals surface area (Å²) in [7, 11) is 0. The van der Waals surface area contributed by atoms with Crippen molar-refractivity contribution in [3.8, 4) is 0 Å². The molecule has 1 heterocycles. The molecule has 1 atom stereocenters. The van der Waals surface area contributed by atoms with Crippen LogP contribution in [0.4, 0.5) is 5.69 Å². The second kappa shape index (κ2) is 3.95. The van der Waals surface area contributed by atoms with Crippen molar-refractivity contribution in [2.75, 3.05) is 12.3 Å². The fraction of sp³-hybridized carbons (Fsp3) is 0.375. The Labute approximate surface area is 75.9 Å². The number of amides is 1. The topological polar surface area (TPSA) is 91.1 Å². The number of hydrogen-bond donors (Lipinski definition) is 4. The van der Waals surface area contributed by atoms with Crippen LogP contribution in [0, 0.1) is 0 Å². The van der Waals surface area contributed by atoms with Crippen molar-refractivity contribution >= 4 is 11.6 Å². The van der Waals surface area contributed by atoms with E-state index in [1.807, 2.05) is 0 Å². The van der Waals surface area contributed by atoms with E-state index in [-0.39, 0.29) is 12.5 Å². The Morgan fingerprint density at radius 3 is 3.00 bits per heavy atom. The number of H-pyrrole nitrogens is 1. The van der Waals surface area contributed by atoms with Crippen LogP contribution in [0.15, 0.2) is 12.3 Å². The molecule has 0 fully saturated rings. The third-order valence-corrected chi connectivity index (χ3v) is 1.51. The van der Waals surface area contributed by atoms with Crippen molar-refractivity contribution in [1.82, 2.24) is 10.3 Å². The highest BCUT2D eigenvalue weighted by Gasteiger charge is 2.07. The van der Waals surface area contributed by atoms with E-state index in [9.17, 15) is 4.79 Å². The van der Waals surface area contributed by atoms with E-state index in [0.717, 1.165) is 0 Å². The fourth-order valence-electron chi connectivity index (χ4n) is 0.878. The van der Waals surface area contributed by atoms with Gasteiger partial charge in [0.25, 0.3) is 5.91 Å². The van der Waals surface area contributed by atoms with Gasteiger partial charge in [-0.1, -0.05) is 0 Å². The van der Waals surface area contributed by atoms with Crippen LogP contribution in [-0.2, 0) is 0 Å². The minimum absolute atomic E-state index is 0.234. The highest BCUT2D eigenvalue weighted by atomic mass is 16.3.